The molecule has 3 N–H and O–H groups in total. The molecular formula is C11H18N8. The van der Waals surface area contributed by atoms with E-state index in [0.29, 0.717) is 11.9 Å². The van der Waals surface area contributed by atoms with Crippen LogP contribution < -0.4 is 11.1 Å². The minimum absolute atomic E-state index is 0.109. The van der Waals surface area contributed by atoms with Gasteiger partial charge < -0.3 is 11.1 Å². The van der Waals surface area contributed by atoms with Crippen molar-refractivity contribution in [3.05, 3.63) is 12.7 Å². The van der Waals surface area contributed by atoms with E-state index in [4.69, 9.17) is 5.73 Å². The van der Waals surface area contributed by atoms with Gasteiger partial charge in [0.2, 0.25) is 11.9 Å². The molecule has 0 fully saturated rings. The standard InChI is InChI=1S/C11H18N8/c1-4-5-11(2,3)18-9-15-8(12)16-10(17-9)19-7-13-6-14-19/h6-7H,4-5H2,1-3H3,(H3,12,15,16,17,18). The molecule has 102 valence electrons. The van der Waals surface area contributed by atoms with Crippen molar-refractivity contribution >= 4 is 11.9 Å². The van der Waals surface area contributed by atoms with Crippen molar-refractivity contribution in [2.45, 2.75) is 39.2 Å². The Bertz CT molecular complexity index is 534. The van der Waals surface area contributed by atoms with Crippen molar-refractivity contribution in [3.8, 4) is 5.95 Å². The van der Waals surface area contributed by atoms with Gasteiger partial charge in [0.05, 0.1) is 0 Å². The van der Waals surface area contributed by atoms with Gasteiger partial charge in [-0.3, -0.25) is 0 Å². The number of nitrogens with one attached hydrogen (secondary N) is 1. The van der Waals surface area contributed by atoms with Crippen molar-refractivity contribution < 1.29 is 0 Å². The van der Waals surface area contributed by atoms with E-state index in [-0.39, 0.29) is 11.5 Å². The van der Waals surface area contributed by atoms with Gasteiger partial charge >= 0.3 is 0 Å². The van der Waals surface area contributed by atoms with Crippen LogP contribution in [0.15, 0.2) is 12.7 Å². The number of nitrogens with zero attached hydrogens (tertiary/aromatic N) is 6. The zero-order valence-corrected chi connectivity index (χ0v) is 11.3. The molecule has 0 aliphatic heterocycles. The summed E-state index contributed by atoms with van der Waals surface area (Å²) in [6.07, 6.45) is 4.98. The predicted molar refractivity (Wildman–Crippen MR) is 71.8 cm³/mol. The molecule has 0 bridgehead atoms. The van der Waals surface area contributed by atoms with Crippen LogP contribution in [0.25, 0.3) is 5.95 Å². The summed E-state index contributed by atoms with van der Waals surface area (Å²) in [5, 5.41) is 7.23. The SMILES string of the molecule is CCCC(C)(C)Nc1nc(N)nc(-n2cncn2)n1. The molecule has 8 heteroatoms. The van der Waals surface area contributed by atoms with Crippen molar-refractivity contribution in [3.63, 3.8) is 0 Å². The summed E-state index contributed by atoms with van der Waals surface area (Å²) in [5.74, 6) is 0.937. The van der Waals surface area contributed by atoms with Gasteiger partial charge in [0.15, 0.2) is 0 Å². The number of anilines is 2. The summed E-state index contributed by atoms with van der Waals surface area (Å²) < 4.78 is 1.44. The summed E-state index contributed by atoms with van der Waals surface area (Å²) >= 11 is 0. The monoisotopic (exact) mass is 262 g/mol. The third-order valence-corrected chi connectivity index (χ3v) is 2.59. The van der Waals surface area contributed by atoms with E-state index in [1.807, 2.05) is 0 Å². The van der Waals surface area contributed by atoms with Gasteiger partial charge in [-0.05, 0) is 20.3 Å². The average Bonchev–Trinajstić information content (AvgIpc) is 2.80. The molecule has 0 saturated carbocycles. The lowest BCUT2D eigenvalue weighted by Crippen LogP contribution is -2.32. The molecule has 0 spiro atoms. The number of nitrogens with two attached hydrogens (primary N) is 1. The second kappa shape index (κ2) is 5.17. The number of nitrogen functional groups attached to an aromatic ring is 1. The largest absolute Gasteiger partial charge is 0.368 e. The highest BCUT2D eigenvalue weighted by molar-refractivity contribution is 5.36. The molecule has 0 aliphatic rings. The zero-order chi connectivity index (χ0) is 13.9. The Morgan fingerprint density at radius 1 is 1.32 bits per heavy atom. The van der Waals surface area contributed by atoms with Crippen LogP contribution in [0.1, 0.15) is 33.6 Å². The lowest BCUT2D eigenvalue weighted by molar-refractivity contribution is 0.506. The van der Waals surface area contributed by atoms with Crippen LogP contribution in [-0.4, -0.2) is 35.3 Å². The van der Waals surface area contributed by atoms with Gasteiger partial charge in [-0.25, -0.2) is 4.98 Å². The Labute approximate surface area is 111 Å². The van der Waals surface area contributed by atoms with Crippen LogP contribution in [-0.2, 0) is 0 Å². The Balaban J connectivity index is 2.27. The fourth-order valence-electron chi connectivity index (χ4n) is 1.84. The van der Waals surface area contributed by atoms with Crippen LogP contribution >= 0.6 is 0 Å². The third-order valence-electron chi connectivity index (χ3n) is 2.59. The second-order valence-corrected chi connectivity index (χ2v) is 4.92. The van der Waals surface area contributed by atoms with Crippen LogP contribution in [0.3, 0.4) is 0 Å². The van der Waals surface area contributed by atoms with E-state index in [1.165, 1.54) is 17.3 Å². The summed E-state index contributed by atoms with van der Waals surface area (Å²) in [7, 11) is 0. The van der Waals surface area contributed by atoms with Crippen LogP contribution in [0.2, 0.25) is 0 Å². The Kier molecular flexibility index (Phi) is 3.59. The molecule has 2 aromatic rings. The first-order valence-corrected chi connectivity index (χ1v) is 6.15. The third kappa shape index (κ3) is 3.36. The van der Waals surface area contributed by atoms with Gasteiger partial charge in [-0.15, -0.1) is 0 Å². The smallest absolute Gasteiger partial charge is 0.258 e. The molecule has 0 unspecified atom stereocenters. The van der Waals surface area contributed by atoms with Crippen molar-refractivity contribution in [2.24, 2.45) is 0 Å². The molecular weight excluding hydrogens is 244 g/mol. The van der Waals surface area contributed by atoms with Crippen molar-refractivity contribution in [1.82, 2.24) is 29.7 Å². The van der Waals surface area contributed by atoms with Gasteiger partial charge in [0.25, 0.3) is 5.95 Å². The van der Waals surface area contributed by atoms with Crippen LogP contribution in [0, 0.1) is 0 Å². The fraction of sp³-hybridized carbons (Fsp3) is 0.545. The molecule has 0 aromatic carbocycles. The van der Waals surface area contributed by atoms with Crippen LogP contribution in [0.5, 0.6) is 0 Å². The van der Waals surface area contributed by atoms with Gasteiger partial charge in [-0.1, -0.05) is 13.3 Å². The molecule has 2 heterocycles. The maximum absolute atomic E-state index is 5.69. The van der Waals surface area contributed by atoms with Gasteiger partial charge in [0.1, 0.15) is 12.7 Å². The van der Waals surface area contributed by atoms with E-state index < -0.39 is 0 Å². The van der Waals surface area contributed by atoms with Crippen molar-refractivity contribution in [2.75, 3.05) is 11.1 Å². The quantitative estimate of drug-likeness (QED) is 0.828. The van der Waals surface area contributed by atoms with E-state index in [0.717, 1.165) is 12.8 Å². The van der Waals surface area contributed by atoms with Crippen molar-refractivity contribution in [1.29, 1.82) is 0 Å². The Morgan fingerprint density at radius 2 is 2.11 bits per heavy atom. The zero-order valence-electron chi connectivity index (χ0n) is 11.3. The maximum Gasteiger partial charge on any atom is 0.258 e. The van der Waals surface area contributed by atoms with E-state index >= 15 is 0 Å². The molecule has 19 heavy (non-hydrogen) atoms. The Morgan fingerprint density at radius 3 is 2.74 bits per heavy atom. The van der Waals surface area contributed by atoms with E-state index in [9.17, 15) is 0 Å². The first-order chi connectivity index (χ1) is 9.00. The minimum atomic E-state index is -0.109. The minimum Gasteiger partial charge on any atom is -0.368 e. The molecule has 0 saturated heterocycles. The fourth-order valence-corrected chi connectivity index (χ4v) is 1.84. The van der Waals surface area contributed by atoms with Gasteiger partial charge in [0, 0.05) is 5.54 Å². The van der Waals surface area contributed by atoms with Gasteiger partial charge in [-0.2, -0.15) is 24.7 Å². The number of rotatable bonds is 5. The Hall–Kier alpha value is -2.25. The maximum atomic E-state index is 5.69. The van der Waals surface area contributed by atoms with E-state index in [2.05, 4.69) is 51.1 Å². The predicted octanol–water partition coefficient (Wildman–Crippen LogP) is 1.03. The normalized spacial score (nSPS) is 11.5. The molecule has 0 radical (unpaired) electrons. The highest BCUT2D eigenvalue weighted by Gasteiger charge is 2.18. The van der Waals surface area contributed by atoms with E-state index in [1.54, 1.807) is 0 Å². The highest BCUT2D eigenvalue weighted by atomic mass is 15.4. The number of hydrogen-bond acceptors (Lipinski definition) is 7. The summed E-state index contributed by atoms with van der Waals surface area (Å²) in [5.41, 5.74) is 5.59. The number of hydrogen-bond donors (Lipinski definition) is 2. The molecule has 2 rings (SSSR count). The lowest BCUT2D eigenvalue weighted by Gasteiger charge is -2.25. The molecule has 0 aliphatic carbocycles. The average molecular weight is 262 g/mol. The summed E-state index contributed by atoms with van der Waals surface area (Å²) in [6, 6.07) is 0. The highest BCUT2D eigenvalue weighted by Crippen LogP contribution is 2.17. The first kappa shape index (κ1) is 13.2. The lowest BCUT2D eigenvalue weighted by atomic mass is 9.99. The molecule has 0 amide bonds. The molecule has 8 nitrogen and oxygen atoms in total. The molecule has 0 atom stereocenters. The first-order valence-electron chi connectivity index (χ1n) is 6.15. The topological polar surface area (TPSA) is 107 Å². The summed E-state index contributed by atoms with van der Waals surface area (Å²) in [6.45, 7) is 6.31. The second-order valence-electron chi connectivity index (χ2n) is 4.92. The molecule has 2 aromatic heterocycles. The summed E-state index contributed by atoms with van der Waals surface area (Å²) in [4.78, 5) is 16.3. The van der Waals surface area contributed by atoms with Crippen LogP contribution in [0.4, 0.5) is 11.9 Å². The number of aromatic nitrogens is 6.